The van der Waals surface area contributed by atoms with Gasteiger partial charge >= 0.3 is 0 Å². The van der Waals surface area contributed by atoms with Crippen LogP contribution in [0, 0.1) is 5.92 Å². The van der Waals surface area contributed by atoms with Gasteiger partial charge in [0.15, 0.2) is 0 Å². The molecule has 10 nitrogen and oxygen atoms in total. The third-order valence-electron chi connectivity index (χ3n) is 10.4. The molecule has 0 spiro atoms. The molecule has 43 heavy (non-hydrogen) atoms. The van der Waals surface area contributed by atoms with Crippen molar-refractivity contribution in [3.63, 3.8) is 0 Å². The molecule has 0 bridgehead atoms. The van der Waals surface area contributed by atoms with Crippen LogP contribution in [0.5, 0.6) is 0 Å². The maximum absolute atomic E-state index is 14.3. The van der Waals surface area contributed by atoms with E-state index >= 15 is 0 Å². The predicted molar refractivity (Wildman–Crippen MR) is 157 cm³/mol. The lowest BCUT2D eigenvalue weighted by Gasteiger charge is -2.48. The molecule has 224 valence electrons. The molecule has 1 aliphatic carbocycles. The monoisotopic (exact) mass is 586 g/mol. The highest BCUT2D eigenvalue weighted by Gasteiger charge is 2.70. The molecule has 2 aromatic carbocycles. The van der Waals surface area contributed by atoms with Crippen molar-refractivity contribution >= 4 is 28.6 Å². The number of amides is 3. The number of aliphatic hydroxyl groups is 1. The Balaban J connectivity index is 1.10. The van der Waals surface area contributed by atoms with E-state index in [1.807, 2.05) is 54.7 Å². The Labute approximate surface area is 254 Å². The third-order valence-corrected chi connectivity index (χ3v) is 10.4. The molecule has 3 N–H and O–H groups in total. The van der Waals surface area contributed by atoms with Gasteiger partial charge in [-0.1, -0.05) is 42.5 Å². The average Bonchev–Trinajstić information content (AvgIpc) is 3.73. The van der Waals surface area contributed by atoms with Crippen molar-refractivity contribution in [2.24, 2.45) is 5.92 Å². The first kappa shape index (κ1) is 23.7. The third kappa shape index (κ3) is 3.86. The minimum absolute atomic E-state index is 0.0248. The van der Waals surface area contributed by atoms with Crippen molar-refractivity contribution in [2.75, 3.05) is 20.1 Å². The van der Waals surface area contributed by atoms with Crippen molar-refractivity contribution in [3.05, 3.63) is 71.4 Å². The molecule has 0 radical (unpaired) electrons. The van der Waals surface area contributed by atoms with Crippen molar-refractivity contribution in [1.29, 1.82) is 0 Å². The van der Waals surface area contributed by atoms with Gasteiger partial charge in [-0.05, 0) is 62.3 Å². The number of carbonyl (C=O) groups is 3. The van der Waals surface area contributed by atoms with Gasteiger partial charge < -0.3 is 25.2 Å². The molecular weight excluding hydrogens is 546 g/mol. The van der Waals surface area contributed by atoms with Gasteiger partial charge in [0.2, 0.25) is 17.5 Å². The highest BCUT2D eigenvalue weighted by Crippen LogP contribution is 2.47. The van der Waals surface area contributed by atoms with Crippen LogP contribution in [0.15, 0.2) is 54.7 Å². The zero-order chi connectivity index (χ0) is 32.2. The van der Waals surface area contributed by atoms with Gasteiger partial charge in [-0.3, -0.25) is 24.0 Å². The summed E-state index contributed by atoms with van der Waals surface area (Å²) < 4.78 is 31.3. The average molecular weight is 587 g/mol. The van der Waals surface area contributed by atoms with E-state index in [1.165, 1.54) is 11.8 Å². The lowest BCUT2D eigenvalue weighted by Crippen LogP contribution is -2.71. The van der Waals surface area contributed by atoms with Crippen LogP contribution in [0.1, 0.15) is 52.9 Å². The molecule has 3 aromatic rings. The lowest BCUT2D eigenvalue weighted by atomic mass is 9.72. The van der Waals surface area contributed by atoms with Crippen LogP contribution in [-0.4, -0.2) is 92.3 Å². The minimum atomic E-state index is -2.44. The van der Waals surface area contributed by atoms with E-state index in [2.05, 4.69) is 10.3 Å². The number of aromatic nitrogens is 1. The SMILES string of the molecule is [2H]C([2H])([2H])N1C[C@H](C(=O)N[C@]2(C)O[C@@]3(O)[C@@H]4CCCN4C(=O)[C@H](Cc4ccccc4)N3C2=O)C[C@@H]2c3cccc4[nH]cc(c34)C[C@H]21. The number of H-pyrrole nitrogens is 1. The summed E-state index contributed by atoms with van der Waals surface area (Å²) in [5.41, 5.74) is 1.89. The number of fused-ring (bicyclic) bond motifs is 5. The summed E-state index contributed by atoms with van der Waals surface area (Å²) in [6.45, 7) is -0.618. The van der Waals surface area contributed by atoms with E-state index < -0.39 is 48.4 Å². The Morgan fingerprint density at radius 2 is 2.05 bits per heavy atom. The first-order valence-electron chi connectivity index (χ1n) is 16.7. The van der Waals surface area contributed by atoms with Crippen molar-refractivity contribution in [1.82, 2.24) is 25.0 Å². The van der Waals surface area contributed by atoms with E-state index in [-0.39, 0.29) is 30.8 Å². The Hall–Kier alpha value is -3.73. The Kier molecular flexibility index (Phi) is 5.17. The second kappa shape index (κ2) is 9.38. The van der Waals surface area contributed by atoms with Crippen molar-refractivity contribution in [2.45, 2.75) is 74.7 Å². The number of hydrogen-bond donors (Lipinski definition) is 3. The van der Waals surface area contributed by atoms with E-state index in [0.29, 0.717) is 32.2 Å². The largest absolute Gasteiger partial charge is 0.361 e. The maximum Gasteiger partial charge on any atom is 0.280 e. The minimum Gasteiger partial charge on any atom is -0.361 e. The molecule has 5 heterocycles. The topological polar surface area (TPSA) is 118 Å². The summed E-state index contributed by atoms with van der Waals surface area (Å²) in [6.07, 6.45) is 4.14. The molecule has 10 heteroatoms. The number of nitrogens with zero attached hydrogens (tertiary/aromatic N) is 3. The smallest absolute Gasteiger partial charge is 0.280 e. The van der Waals surface area contributed by atoms with Gasteiger partial charge in [-0.2, -0.15) is 0 Å². The highest BCUT2D eigenvalue weighted by molar-refractivity contribution is 5.97. The fourth-order valence-electron chi connectivity index (χ4n) is 8.40. The Morgan fingerprint density at radius 1 is 1.21 bits per heavy atom. The quantitative estimate of drug-likeness (QED) is 0.431. The normalized spacial score (nSPS) is 36.5. The number of likely N-dealkylation sites (N-methyl/N-ethyl adjacent to an activating group) is 1. The number of piperidine rings is 1. The van der Waals surface area contributed by atoms with Crippen molar-refractivity contribution in [3.8, 4) is 0 Å². The Morgan fingerprint density at radius 3 is 2.86 bits per heavy atom. The highest BCUT2D eigenvalue weighted by atomic mass is 16.7. The number of rotatable bonds is 4. The van der Waals surface area contributed by atoms with Crippen LogP contribution in [0.4, 0.5) is 0 Å². The summed E-state index contributed by atoms with van der Waals surface area (Å²) in [5, 5.41) is 15.9. The van der Waals surface area contributed by atoms with Gasteiger partial charge in [-0.25, -0.2) is 0 Å². The molecule has 0 unspecified atom stereocenters. The molecule has 8 rings (SSSR count). The first-order chi connectivity index (χ1) is 21.9. The summed E-state index contributed by atoms with van der Waals surface area (Å²) in [4.78, 5) is 49.6. The van der Waals surface area contributed by atoms with E-state index in [4.69, 9.17) is 8.85 Å². The number of ether oxygens (including phenoxy) is 1. The standard InChI is InChI=1S/C33H37N5O5/c1-32(35-29(39)21-15-23-22-10-6-11-24-28(22)20(17-34-24)16-25(23)36(2)18-21)31(41)38-26(14-19-8-4-3-5-9-19)30(40)37-13-7-12-27(37)33(38,42)43-32/h3-6,8-11,17,21,23,25-27,34,42H,7,12-16,18H2,1-2H3,(H,35,39)/t21-,23-,25-,26+,27+,32-,33+/m1/s1/i2D3. The predicted octanol–water partition coefficient (Wildman–Crippen LogP) is 2.08. The van der Waals surface area contributed by atoms with Crippen molar-refractivity contribution < 1.29 is 28.3 Å². The fourth-order valence-corrected chi connectivity index (χ4v) is 8.40. The van der Waals surface area contributed by atoms with Crippen LogP contribution in [0.2, 0.25) is 0 Å². The molecule has 3 amide bonds. The molecule has 4 aliphatic heterocycles. The number of benzene rings is 2. The van der Waals surface area contributed by atoms with Gasteiger partial charge in [0.05, 0.1) is 5.92 Å². The van der Waals surface area contributed by atoms with Gasteiger partial charge in [0, 0.05) is 52.7 Å². The van der Waals surface area contributed by atoms with E-state index in [0.717, 1.165) is 32.5 Å². The van der Waals surface area contributed by atoms with Gasteiger partial charge in [0.1, 0.15) is 12.1 Å². The zero-order valence-corrected chi connectivity index (χ0v) is 24.0. The number of piperazine rings is 1. The molecule has 5 aliphatic rings. The van der Waals surface area contributed by atoms with E-state index in [1.54, 1.807) is 4.90 Å². The summed E-state index contributed by atoms with van der Waals surface area (Å²) >= 11 is 0. The number of nitrogens with one attached hydrogen (secondary N) is 2. The molecule has 1 aromatic heterocycles. The maximum atomic E-state index is 14.3. The Bertz CT molecular complexity index is 1750. The molecular formula is C33H37N5O5. The first-order valence-corrected chi connectivity index (χ1v) is 15.2. The summed E-state index contributed by atoms with van der Waals surface area (Å²) in [5.74, 6) is -4.62. The van der Waals surface area contributed by atoms with Crippen LogP contribution in [-0.2, 0) is 32.0 Å². The lowest BCUT2D eigenvalue weighted by molar-refractivity contribution is -0.315. The molecule has 4 fully saturated rings. The second-order valence-corrected chi connectivity index (χ2v) is 12.9. The molecule has 7 atom stereocenters. The van der Waals surface area contributed by atoms with Crippen LogP contribution in [0.3, 0.4) is 0 Å². The summed E-state index contributed by atoms with van der Waals surface area (Å²) in [6, 6.07) is 13.1. The second-order valence-electron chi connectivity index (χ2n) is 12.9. The van der Waals surface area contributed by atoms with Crippen LogP contribution >= 0.6 is 0 Å². The number of likely N-dealkylation sites (tertiary alicyclic amines) is 1. The van der Waals surface area contributed by atoms with Gasteiger partial charge in [0.25, 0.3) is 11.8 Å². The number of hydrogen-bond acceptors (Lipinski definition) is 6. The van der Waals surface area contributed by atoms with E-state index in [9.17, 15) is 19.5 Å². The van der Waals surface area contributed by atoms with Gasteiger partial charge in [-0.15, -0.1) is 0 Å². The van der Waals surface area contributed by atoms with Crippen LogP contribution < -0.4 is 5.32 Å². The summed E-state index contributed by atoms with van der Waals surface area (Å²) in [7, 11) is 0. The zero-order valence-electron chi connectivity index (χ0n) is 27.0. The van der Waals surface area contributed by atoms with Crippen LogP contribution in [0.25, 0.3) is 10.9 Å². The fraction of sp³-hybridized carbons (Fsp3) is 0.485. The molecule has 0 saturated carbocycles. The molecule has 4 saturated heterocycles. The number of carbonyl (C=O) groups excluding carboxylic acids is 3. The number of aromatic amines is 1.